The van der Waals surface area contributed by atoms with Crippen LogP contribution in [-0.2, 0) is 28.7 Å². The first-order valence-electron chi connectivity index (χ1n) is 19.1. The van der Waals surface area contributed by atoms with Crippen LogP contribution in [0.15, 0.2) is 30.3 Å². The highest BCUT2D eigenvalue weighted by molar-refractivity contribution is 5.87. The minimum absolute atomic E-state index is 0.00108. The lowest BCUT2D eigenvalue weighted by molar-refractivity contribution is -0.146. The molecule has 10 atom stereocenters. The average Bonchev–Trinajstić information content (AvgIpc) is 3.50. The van der Waals surface area contributed by atoms with E-state index in [1.807, 2.05) is 52.8 Å². The van der Waals surface area contributed by atoms with E-state index in [-0.39, 0.29) is 55.5 Å². The molecule has 13 heteroatoms. The number of hydrogen-bond donors (Lipinski definition) is 3. The summed E-state index contributed by atoms with van der Waals surface area (Å²) in [6.07, 6.45) is -2.00. The van der Waals surface area contributed by atoms with E-state index in [1.165, 1.54) is 30.4 Å². The average molecular weight is 752 g/mol. The van der Waals surface area contributed by atoms with Gasteiger partial charge in [-0.05, 0) is 38.4 Å². The van der Waals surface area contributed by atoms with Gasteiger partial charge in [0.2, 0.25) is 23.6 Å². The standard InChI is InChI=1S/C37H62FN5O7.C3H8/c1-12-23(4)33(42(9)31(45)20-39-37(48)32(22(2)3)41(7)8)29(49-10)19-30(44)43-21-27(38)18-28(43)35(50-11)24(5)36(47)40-25(6)34(46)26-16-14-13-15-17-26;1-3-2/h13-17,22-25,27-29,32-35,46H,12,18-21H2,1-11H3,(H,39,48)(H,40,47);3H2,1-2H3. The lowest BCUT2D eigenvalue weighted by Gasteiger charge is -2.39. The maximum Gasteiger partial charge on any atom is 0.242 e. The van der Waals surface area contributed by atoms with Crippen LogP contribution in [0, 0.1) is 17.8 Å². The summed E-state index contributed by atoms with van der Waals surface area (Å²) < 4.78 is 26.7. The van der Waals surface area contributed by atoms with E-state index >= 15 is 4.39 Å². The number of nitrogens with one attached hydrogen (secondary N) is 2. The lowest BCUT2D eigenvalue weighted by Crippen LogP contribution is -2.55. The quantitative estimate of drug-likeness (QED) is 0.191. The highest BCUT2D eigenvalue weighted by atomic mass is 19.1. The number of carbonyl (C=O) groups is 4. The molecule has 53 heavy (non-hydrogen) atoms. The fourth-order valence-corrected chi connectivity index (χ4v) is 7.19. The minimum Gasteiger partial charge on any atom is -0.386 e. The number of likely N-dealkylation sites (tertiary alicyclic amines) is 1. The van der Waals surface area contributed by atoms with Gasteiger partial charge in [0.15, 0.2) is 0 Å². The molecular weight excluding hydrogens is 681 g/mol. The van der Waals surface area contributed by atoms with Gasteiger partial charge < -0.3 is 35.0 Å². The van der Waals surface area contributed by atoms with Crippen LogP contribution in [0.3, 0.4) is 0 Å². The largest absolute Gasteiger partial charge is 0.386 e. The van der Waals surface area contributed by atoms with Crippen LogP contribution >= 0.6 is 0 Å². The Morgan fingerprint density at radius 1 is 0.962 bits per heavy atom. The van der Waals surface area contributed by atoms with Crippen LogP contribution in [-0.4, -0.2) is 134 Å². The molecule has 0 aromatic heterocycles. The second-order valence-corrected chi connectivity index (χ2v) is 15.0. The number of benzene rings is 1. The van der Waals surface area contributed by atoms with Crippen molar-refractivity contribution in [2.45, 2.75) is 130 Å². The predicted molar refractivity (Wildman–Crippen MR) is 207 cm³/mol. The third-order valence-electron chi connectivity index (χ3n) is 10.2. The third kappa shape index (κ3) is 13.9. The van der Waals surface area contributed by atoms with E-state index in [0.29, 0.717) is 12.0 Å². The van der Waals surface area contributed by atoms with Gasteiger partial charge in [0, 0.05) is 27.7 Å². The maximum absolute atomic E-state index is 15.0. The smallest absolute Gasteiger partial charge is 0.242 e. The van der Waals surface area contributed by atoms with Crippen molar-refractivity contribution in [1.29, 1.82) is 0 Å². The highest BCUT2D eigenvalue weighted by Crippen LogP contribution is 2.31. The van der Waals surface area contributed by atoms with Gasteiger partial charge in [0.25, 0.3) is 0 Å². The Morgan fingerprint density at radius 2 is 1.55 bits per heavy atom. The van der Waals surface area contributed by atoms with Crippen molar-refractivity contribution in [3.63, 3.8) is 0 Å². The zero-order chi connectivity index (χ0) is 40.6. The number of nitrogens with zero attached hydrogens (tertiary/aromatic N) is 3. The Balaban J connectivity index is 0.00000452. The number of aliphatic hydroxyl groups is 1. The second-order valence-electron chi connectivity index (χ2n) is 15.0. The molecule has 1 saturated heterocycles. The molecule has 12 nitrogen and oxygen atoms in total. The molecular formula is C40H70FN5O7. The molecule has 3 N–H and O–H groups in total. The molecule has 10 unspecified atom stereocenters. The third-order valence-corrected chi connectivity index (χ3v) is 10.2. The van der Waals surface area contributed by atoms with Crippen LogP contribution in [0.2, 0.25) is 0 Å². The number of rotatable bonds is 19. The summed E-state index contributed by atoms with van der Waals surface area (Å²) in [6.45, 7) is 15.1. The summed E-state index contributed by atoms with van der Waals surface area (Å²) in [4.78, 5) is 58.4. The molecule has 1 aliphatic heterocycles. The first kappa shape index (κ1) is 47.9. The topological polar surface area (TPSA) is 141 Å². The normalized spacial score (nSPS) is 20.3. The molecule has 2 rings (SSSR count). The monoisotopic (exact) mass is 752 g/mol. The first-order chi connectivity index (χ1) is 24.9. The highest BCUT2D eigenvalue weighted by Gasteiger charge is 2.45. The number of halogens is 1. The SMILES string of the molecule is CCC.CCC(C)C(C(CC(=O)N1CC(F)CC1C(OC)C(C)C(=O)NC(C)C(O)c1ccccc1)OC)N(C)C(=O)CNC(=O)C(C(C)C)N(C)C. The van der Waals surface area contributed by atoms with Crippen molar-refractivity contribution in [2.75, 3.05) is 48.5 Å². The summed E-state index contributed by atoms with van der Waals surface area (Å²) in [5.41, 5.74) is 0.661. The number of alkyl halides is 1. The van der Waals surface area contributed by atoms with Crippen LogP contribution < -0.4 is 10.6 Å². The number of carbonyl (C=O) groups excluding carboxylic acids is 4. The van der Waals surface area contributed by atoms with Gasteiger partial charge in [-0.15, -0.1) is 0 Å². The molecule has 304 valence electrons. The molecule has 0 bridgehead atoms. The number of aliphatic hydroxyl groups excluding tert-OH is 1. The van der Waals surface area contributed by atoms with Crippen molar-refractivity contribution in [1.82, 2.24) is 25.3 Å². The summed E-state index contributed by atoms with van der Waals surface area (Å²) in [5.74, 6) is -2.15. The van der Waals surface area contributed by atoms with Gasteiger partial charge in [-0.25, -0.2) is 4.39 Å². The van der Waals surface area contributed by atoms with Crippen molar-refractivity contribution in [3.05, 3.63) is 35.9 Å². The van der Waals surface area contributed by atoms with E-state index in [0.717, 1.165) is 0 Å². The van der Waals surface area contributed by atoms with Crippen molar-refractivity contribution < 1.29 is 38.1 Å². The fourth-order valence-electron chi connectivity index (χ4n) is 7.19. The Hall–Kier alpha value is -3.13. The number of hydrogen-bond acceptors (Lipinski definition) is 8. The van der Waals surface area contributed by atoms with Gasteiger partial charge in [-0.1, -0.05) is 91.6 Å². The van der Waals surface area contributed by atoms with Gasteiger partial charge >= 0.3 is 0 Å². The summed E-state index contributed by atoms with van der Waals surface area (Å²) >= 11 is 0. The Labute approximate surface area is 318 Å². The molecule has 4 amide bonds. The summed E-state index contributed by atoms with van der Waals surface area (Å²) in [5, 5.41) is 16.4. The fraction of sp³-hybridized carbons (Fsp3) is 0.750. The van der Waals surface area contributed by atoms with Crippen molar-refractivity contribution in [2.24, 2.45) is 17.8 Å². The number of likely N-dealkylation sites (N-methyl/N-ethyl adjacent to an activating group) is 2. The van der Waals surface area contributed by atoms with Gasteiger partial charge in [0.05, 0.1) is 67.9 Å². The number of methoxy groups -OCH3 is 2. The molecule has 1 aliphatic rings. The van der Waals surface area contributed by atoms with Crippen LogP contribution in [0.5, 0.6) is 0 Å². The van der Waals surface area contributed by atoms with Gasteiger partial charge in [-0.3, -0.25) is 24.1 Å². The Bertz CT molecular complexity index is 1250. The molecule has 1 aromatic rings. The molecule has 0 saturated carbocycles. The van der Waals surface area contributed by atoms with E-state index < -0.39 is 60.5 Å². The van der Waals surface area contributed by atoms with E-state index in [1.54, 1.807) is 45.2 Å². The van der Waals surface area contributed by atoms with E-state index in [4.69, 9.17) is 9.47 Å². The van der Waals surface area contributed by atoms with E-state index in [2.05, 4.69) is 24.5 Å². The zero-order valence-electron chi connectivity index (χ0n) is 34.6. The summed E-state index contributed by atoms with van der Waals surface area (Å²) in [7, 11) is 8.18. The van der Waals surface area contributed by atoms with Crippen LogP contribution in [0.25, 0.3) is 0 Å². The van der Waals surface area contributed by atoms with Gasteiger partial charge in [-0.2, -0.15) is 0 Å². The Kier molecular flexibility index (Phi) is 21.3. The van der Waals surface area contributed by atoms with Crippen LogP contribution in [0.4, 0.5) is 4.39 Å². The zero-order valence-corrected chi connectivity index (χ0v) is 34.6. The minimum atomic E-state index is -1.31. The number of ether oxygens (including phenoxy) is 2. The lowest BCUT2D eigenvalue weighted by atomic mass is 9.90. The molecule has 1 fully saturated rings. The molecule has 1 aromatic carbocycles. The first-order valence-corrected chi connectivity index (χ1v) is 19.1. The molecule has 1 heterocycles. The van der Waals surface area contributed by atoms with Crippen molar-refractivity contribution >= 4 is 23.6 Å². The number of amides is 4. The Morgan fingerprint density at radius 3 is 2.04 bits per heavy atom. The predicted octanol–water partition coefficient (Wildman–Crippen LogP) is 4.21. The molecule has 0 spiro atoms. The van der Waals surface area contributed by atoms with Crippen LogP contribution in [0.1, 0.15) is 92.7 Å². The van der Waals surface area contributed by atoms with Crippen molar-refractivity contribution in [3.8, 4) is 0 Å². The van der Waals surface area contributed by atoms with E-state index in [9.17, 15) is 24.3 Å². The van der Waals surface area contributed by atoms with Gasteiger partial charge in [0.1, 0.15) is 6.17 Å². The second kappa shape index (κ2) is 23.6. The molecule has 0 radical (unpaired) electrons. The summed E-state index contributed by atoms with van der Waals surface area (Å²) in [6, 6.07) is 6.74. The maximum atomic E-state index is 15.0. The molecule has 0 aliphatic carbocycles.